The number of nitro benzene ring substituents is 1. The van der Waals surface area contributed by atoms with Crippen LogP contribution in [0.1, 0.15) is 21.6 Å². The van der Waals surface area contributed by atoms with E-state index in [0.717, 1.165) is 23.5 Å². The molecule has 0 aliphatic rings. The predicted octanol–water partition coefficient (Wildman–Crippen LogP) is 4.67. The Morgan fingerprint density at radius 2 is 1.93 bits per heavy atom. The SMILES string of the molecule is O=C(NCc1ccccc1[N+](=O)[O-])c1csc(-c2cccc(C(F)(F)F)c2)n1. The third-order valence-corrected chi connectivity index (χ3v) is 4.69. The molecule has 1 heterocycles. The molecule has 2 aromatic carbocycles. The fraction of sp³-hybridized carbons (Fsp3) is 0.111. The molecule has 0 unspecified atom stereocenters. The van der Waals surface area contributed by atoms with Gasteiger partial charge in [0.15, 0.2) is 0 Å². The summed E-state index contributed by atoms with van der Waals surface area (Å²) < 4.78 is 38.5. The first-order chi connectivity index (χ1) is 13.3. The molecule has 1 amide bonds. The van der Waals surface area contributed by atoms with E-state index in [9.17, 15) is 28.1 Å². The van der Waals surface area contributed by atoms with Crippen molar-refractivity contribution in [3.05, 3.63) is 80.8 Å². The quantitative estimate of drug-likeness (QED) is 0.492. The van der Waals surface area contributed by atoms with Gasteiger partial charge in [-0.15, -0.1) is 11.3 Å². The molecule has 0 saturated heterocycles. The molecular formula is C18H12F3N3O3S. The standard InChI is InChI=1S/C18H12F3N3O3S/c19-18(20,21)13-6-3-5-11(8-13)17-23-14(10-28-17)16(25)22-9-12-4-1-2-7-15(12)24(26)27/h1-8,10H,9H2,(H,22,25). The summed E-state index contributed by atoms with van der Waals surface area (Å²) in [5.41, 5.74) is -0.323. The number of nitrogens with one attached hydrogen (secondary N) is 1. The number of thiazole rings is 1. The molecule has 6 nitrogen and oxygen atoms in total. The molecule has 10 heteroatoms. The average molecular weight is 407 g/mol. The fourth-order valence-electron chi connectivity index (χ4n) is 2.44. The van der Waals surface area contributed by atoms with Gasteiger partial charge >= 0.3 is 6.18 Å². The highest BCUT2D eigenvalue weighted by molar-refractivity contribution is 7.13. The molecule has 1 N–H and O–H groups in total. The van der Waals surface area contributed by atoms with Crippen LogP contribution in [-0.2, 0) is 12.7 Å². The number of aromatic nitrogens is 1. The second-order valence-corrected chi connectivity index (χ2v) is 6.54. The van der Waals surface area contributed by atoms with Crippen molar-refractivity contribution in [1.82, 2.24) is 10.3 Å². The van der Waals surface area contributed by atoms with Crippen LogP contribution in [0.4, 0.5) is 18.9 Å². The van der Waals surface area contributed by atoms with Gasteiger partial charge in [-0.05, 0) is 12.1 Å². The van der Waals surface area contributed by atoms with Gasteiger partial charge in [-0.1, -0.05) is 30.3 Å². The first kappa shape index (κ1) is 19.5. The van der Waals surface area contributed by atoms with Gasteiger partial charge in [0.05, 0.1) is 10.5 Å². The van der Waals surface area contributed by atoms with Gasteiger partial charge in [0.2, 0.25) is 0 Å². The van der Waals surface area contributed by atoms with Crippen LogP contribution in [0.3, 0.4) is 0 Å². The second-order valence-electron chi connectivity index (χ2n) is 5.68. The van der Waals surface area contributed by atoms with Gasteiger partial charge in [0.25, 0.3) is 11.6 Å². The lowest BCUT2D eigenvalue weighted by atomic mass is 10.1. The summed E-state index contributed by atoms with van der Waals surface area (Å²) in [7, 11) is 0. The van der Waals surface area contributed by atoms with Crippen LogP contribution in [0.5, 0.6) is 0 Å². The maximum absolute atomic E-state index is 12.8. The van der Waals surface area contributed by atoms with Crippen LogP contribution in [0.25, 0.3) is 10.6 Å². The van der Waals surface area contributed by atoms with Crippen LogP contribution in [0.15, 0.2) is 53.9 Å². The minimum absolute atomic E-state index is 0.0241. The summed E-state index contributed by atoms with van der Waals surface area (Å²) in [6.45, 7) is -0.0770. The van der Waals surface area contributed by atoms with Crippen molar-refractivity contribution >= 4 is 22.9 Å². The number of para-hydroxylation sites is 1. The minimum atomic E-state index is -4.47. The summed E-state index contributed by atoms with van der Waals surface area (Å²) in [6, 6.07) is 10.7. The van der Waals surface area contributed by atoms with E-state index in [-0.39, 0.29) is 28.5 Å². The summed E-state index contributed by atoms with van der Waals surface area (Å²) >= 11 is 1.03. The third-order valence-electron chi connectivity index (χ3n) is 3.80. The molecule has 0 radical (unpaired) electrons. The number of carbonyl (C=O) groups excluding carboxylic acids is 1. The fourth-order valence-corrected chi connectivity index (χ4v) is 3.24. The third kappa shape index (κ3) is 4.34. The Balaban J connectivity index is 1.74. The van der Waals surface area contributed by atoms with Crippen molar-refractivity contribution < 1.29 is 22.9 Å². The van der Waals surface area contributed by atoms with Gasteiger partial charge in [0, 0.05) is 29.1 Å². The zero-order valence-electron chi connectivity index (χ0n) is 14.1. The molecule has 28 heavy (non-hydrogen) atoms. The summed E-state index contributed by atoms with van der Waals surface area (Å²) in [5.74, 6) is -0.576. The molecule has 0 spiro atoms. The Hall–Kier alpha value is -3.27. The minimum Gasteiger partial charge on any atom is -0.346 e. The van der Waals surface area contributed by atoms with E-state index in [1.165, 1.54) is 35.7 Å². The molecular weight excluding hydrogens is 395 g/mol. The molecule has 0 bridgehead atoms. The maximum Gasteiger partial charge on any atom is 0.416 e. The molecule has 0 fully saturated rings. The summed E-state index contributed by atoms with van der Waals surface area (Å²) in [6.07, 6.45) is -4.47. The van der Waals surface area contributed by atoms with E-state index in [0.29, 0.717) is 5.56 Å². The Labute approximate surface area is 160 Å². The van der Waals surface area contributed by atoms with Gasteiger partial charge in [-0.3, -0.25) is 14.9 Å². The van der Waals surface area contributed by atoms with Gasteiger partial charge < -0.3 is 5.32 Å². The van der Waals surface area contributed by atoms with Crippen LogP contribution in [0, 0.1) is 10.1 Å². The van der Waals surface area contributed by atoms with Gasteiger partial charge in [0.1, 0.15) is 10.7 Å². The van der Waals surface area contributed by atoms with Crippen molar-refractivity contribution in [2.24, 2.45) is 0 Å². The van der Waals surface area contributed by atoms with E-state index in [4.69, 9.17) is 0 Å². The number of hydrogen-bond acceptors (Lipinski definition) is 5. The normalized spacial score (nSPS) is 11.2. The molecule has 3 aromatic rings. The first-order valence-corrected chi connectivity index (χ1v) is 8.77. The maximum atomic E-state index is 12.8. The lowest BCUT2D eigenvalue weighted by Crippen LogP contribution is -2.23. The highest BCUT2D eigenvalue weighted by Gasteiger charge is 2.30. The zero-order valence-corrected chi connectivity index (χ0v) is 14.9. The topological polar surface area (TPSA) is 85.1 Å². The lowest BCUT2D eigenvalue weighted by molar-refractivity contribution is -0.385. The summed E-state index contributed by atoms with van der Waals surface area (Å²) in [4.78, 5) is 26.8. The Kier molecular flexibility index (Phi) is 5.41. The van der Waals surface area contributed by atoms with E-state index >= 15 is 0 Å². The van der Waals surface area contributed by atoms with Crippen molar-refractivity contribution in [1.29, 1.82) is 0 Å². The van der Waals surface area contributed by atoms with Crippen molar-refractivity contribution in [2.45, 2.75) is 12.7 Å². The molecule has 0 aliphatic carbocycles. The van der Waals surface area contributed by atoms with Crippen molar-refractivity contribution in [3.8, 4) is 10.6 Å². The number of benzene rings is 2. The first-order valence-electron chi connectivity index (χ1n) is 7.89. The number of halogens is 3. The van der Waals surface area contributed by atoms with Crippen LogP contribution >= 0.6 is 11.3 Å². The zero-order chi connectivity index (χ0) is 20.3. The molecule has 0 atom stereocenters. The van der Waals surface area contributed by atoms with Gasteiger partial charge in [-0.25, -0.2) is 4.98 Å². The highest BCUT2D eigenvalue weighted by Crippen LogP contribution is 2.33. The number of hydrogen-bond donors (Lipinski definition) is 1. The van der Waals surface area contributed by atoms with E-state index in [2.05, 4.69) is 10.3 Å². The van der Waals surface area contributed by atoms with E-state index in [1.807, 2.05) is 0 Å². The van der Waals surface area contributed by atoms with Gasteiger partial charge in [-0.2, -0.15) is 13.2 Å². The second kappa shape index (κ2) is 7.77. The van der Waals surface area contributed by atoms with Crippen LogP contribution in [-0.4, -0.2) is 15.8 Å². The van der Waals surface area contributed by atoms with Crippen molar-refractivity contribution in [2.75, 3.05) is 0 Å². The number of nitro groups is 1. The number of rotatable bonds is 5. The molecule has 3 rings (SSSR count). The van der Waals surface area contributed by atoms with E-state index < -0.39 is 22.6 Å². The number of amides is 1. The predicted molar refractivity (Wildman–Crippen MR) is 96.8 cm³/mol. The Bertz CT molecular complexity index is 1030. The van der Waals surface area contributed by atoms with E-state index in [1.54, 1.807) is 6.07 Å². The number of nitrogens with zero attached hydrogens (tertiary/aromatic N) is 2. The monoisotopic (exact) mass is 407 g/mol. The van der Waals surface area contributed by atoms with Crippen molar-refractivity contribution in [3.63, 3.8) is 0 Å². The molecule has 0 saturated carbocycles. The smallest absolute Gasteiger partial charge is 0.346 e. The molecule has 0 aliphatic heterocycles. The average Bonchev–Trinajstić information content (AvgIpc) is 3.16. The molecule has 144 valence electrons. The summed E-state index contributed by atoms with van der Waals surface area (Å²) in [5, 5.41) is 15.2. The molecule has 1 aromatic heterocycles. The largest absolute Gasteiger partial charge is 0.416 e. The Morgan fingerprint density at radius 1 is 1.18 bits per heavy atom. The number of carbonyl (C=O) groups is 1. The highest BCUT2D eigenvalue weighted by atomic mass is 32.1. The van der Waals surface area contributed by atoms with Crippen LogP contribution < -0.4 is 5.32 Å². The number of alkyl halides is 3. The Morgan fingerprint density at radius 3 is 2.64 bits per heavy atom. The van der Waals surface area contributed by atoms with Crippen LogP contribution in [0.2, 0.25) is 0 Å². The lowest BCUT2D eigenvalue weighted by Gasteiger charge is -2.07.